The van der Waals surface area contributed by atoms with E-state index in [9.17, 15) is 9.90 Å². The van der Waals surface area contributed by atoms with Crippen LogP contribution in [0.5, 0.6) is 0 Å². The van der Waals surface area contributed by atoms with Crippen molar-refractivity contribution in [2.75, 3.05) is 5.32 Å². The Balaban J connectivity index is 1.48. The van der Waals surface area contributed by atoms with Crippen molar-refractivity contribution in [3.8, 4) is 11.5 Å². The minimum Gasteiger partial charge on any atom is -0.475 e. The normalized spacial score (nSPS) is 23.4. The molecule has 0 saturated heterocycles. The van der Waals surface area contributed by atoms with Crippen molar-refractivity contribution < 1.29 is 9.90 Å². The molecule has 190 valence electrons. The van der Waals surface area contributed by atoms with Crippen LogP contribution in [0.15, 0.2) is 18.3 Å². The molecule has 3 fully saturated rings. The Morgan fingerprint density at radius 2 is 1.89 bits per heavy atom. The monoisotopic (exact) mass is 488 g/mol. The lowest BCUT2D eigenvalue weighted by molar-refractivity contribution is 0.0684. The lowest BCUT2D eigenvalue weighted by Gasteiger charge is -2.32. The molecule has 0 aromatic carbocycles. The Morgan fingerprint density at radius 3 is 2.56 bits per heavy atom. The summed E-state index contributed by atoms with van der Waals surface area (Å²) in [5.74, 6) is 2.51. The Labute approximate surface area is 212 Å². The summed E-state index contributed by atoms with van der Waals surface area (Å²) in [5.41, 5.74) is 3.37. The average molecular weight is 489 g/mol. The smallest absolute Gasteiger partial charge is 0.374 e. The summed E-state index contributed by atoms with van der Waals surface area (Å²) in [6.45, 7) is 5.33. The van der Waals surface area contributed by atoms with Gasteiger partial charge < -0.3 is 15.0 Å². The number of nitrogens with zero attached hydrogens (tertiary/aromatic N) is 5. The van der Waals surface area contributed by atoms with Gasteiger partial charge in [-0.15, -0.1) is 0 Å². The summed E-state index contributed by atoms with van der Waals surface area (Å²) in [6, 6.07) is 4.47. The highest BCUT2D eigenvalue weighted by molar-refractivity contribution is 5.92. The van der Waals surface area contributed by atoms with Gasteiger partial charge >= 0.3 is 5.97 Å². The fraction of sp³-hybridized carbons (Fsp3) is 0.607. The number of rotatable bonds is 8. The van der Waals surface area contributed by atoms with Gasteiger partial charge in [-0.1, -0.05) is 26.2 Å². The number of imidazole rings is 1. The van der Waals surface area contributed by atoms with Crippen molar-refractivity contribution in [2.45, 2.75) is 90.1 Å². The van der Waals surface area contributed by atoms with E-state index in [1.165, 1.54) is 63.4 Å². The van der Waals surface area contributed by atoms with Crippen LogP contribution in [0.2, 0.25) is 0 Å². The van der Waals surface area contributed by atoms with Gasteiger partial charge in [0.05, 0.1) is 0 Å². The number of pyridine rings is 1. The zero-order valence-corrected chi connectivity index (χ0v) is 21.3. The molecule has 0 spiro atoms. The highest BCUT2D eigenvalue weighted by atomic mass is 16.4. The number of fused-ring (bicyclic) bond motifs is 1. The molecule has 0 unspecified atom stereocenters. The molecule has 6 rings (SSSR count). The van der Waals surface area contributed by atoms with Crippen molar-refractivity contribution in [1.29, 1.82) is 0 Å². The number of anilines is 1. The Kier molecular flexibility index (Phi) is 6.13. The first-order valence-corrected chi connectivity index (χ1v) is 13.7. The summed E-state index contributed by atoms with van der Waals surface area (Å²) < 4.78 is 2.23. The van der Waals surface area contributed by atoms with E-state index in [1.54, 1.807) is 0 Å². The van der Waals surface area contributed by atoms with Crippen LogP contribution in [0.4, 0.5) is 5.82 Å². The topological polar surface area (TPSA) is 106 Å². The van der Waals surface area contributed by atoms with Crippen LogP contribution < -0.4 is 5.32 Å². The number of hydrogen-bond donors (Lipinski definition) is 2. The first-order valence-electron chi connectivity index (χ1n) is 13.7. The van der Waals surface area contributed by atoms with E-state index in [-0.39, 0.29) is 11.9 Å². The van der Waals surface area contributed by atoms with E-state index in [2.05, 4.69) is 45.8 Å². The van der Waals surface area contributed by atoms with Crippen LogP contribution in [0, 0.1) is 17.8 Å². The zero-order chi connectivity index (χ0) is 24.8. The second-order valence-corrected chi connectivity index (χ2v) is 11.4. The molecule has 8 heteroatoms. The lowest BCUT2D eigenvalue weighted by Crippen LogP contribution is -2.31. The fourth-order valence-corrected chi connectivity index (χ4v) is 5.89. The fourth-order valence-electron chi connectivity index (χ4n) is 5.89. The number of carboxylic acid groups (broad SMARTS) is 1. The molecule has 3 saturated carbocycles. The van der Waals surface area contributed by atoms with Crippen LogP contribution in [0.25, 0.3) is 22.7 Å². The third-order valence-electron chi connectivity index (χ3n) is 8.65. The number of nitrogens with one attached hydrogen (secondary N) is 1. The maximum atomic E-state index is 11.9. The summed E-state index contributed by atoms with van der Waals surface area (Å²) in [5, 5.41) is 13.3. The van der Waals surface area contributed by atoms with Crippen LogP contribution >= 0.6 is 0 Å². The minimum atomic E-state index is -1.14. The molecule has 8 nitrogen and oxygen atoms in total. The molecule has 1 atom stereocenters. The largest absolute Gasteiger partial charge is 0.475 e. The molecule has 0 aliphatic heterocycles. The van der Waals surface area contributed by atoms with Crippen molar-refractivity contribution in [3.05, 3.63) is 29.7 Å². The molecule has 3 heterocycles. The van der Waals surface area contributed by atoms with Crippen LogP contribution in [-0.2, 0) is 6.54 Å². The zero-order valence-electron chi connectivity index (χ0n) is 21.3. The van der Waals surface area contributed by atoms with Gasteiger partial charge in [0.2, 0.25) is 5.82 Å². The van der Waals surface area contributed by atoms with Gasteiger partial charge in [-0.2, -0.15) is 0 Å². The number of aromatic carboxylic acids is 1. The van der Waals surface area contributed by atoms with E-state index in [1.807, 2.05) is 6.20 Å². The SMILES string of the molecule is C[C@@H](Nc1nc(C(=O)O)nc2nc(-c3cc(C4CC4)ccn3)n(C[C@H]3CC[C@H](C)CC3)c12)C1CCC1. The first-order chi connectivity index (χ1) is 17.5. The second kappa shape index (κ2) is 9.45. The highest BCUT2D eigenvalue weighted by Gasteiger charge is 2.30. The number of carboxylic acids is 1. The molecule has 0 radical (unpaired) electrons. The van der Waals surface area contributed by atoms with Gasteiger partial charge in [0.15, 0.2) is 17.3 Å². The van der Waals surface area contributed by atoms with Gasteiger partial charge in [-0.25, -0.2) is 19.7 Å². The molecule has 2 N–H and O–H groups in total. The molecular formula is C28H36N6O2. The number of aromatic nitrogens is 5. The highest BCUT2D eigenvalue weighted by Crippen LogP contribution is 2.41. The van der Waals surface area contributed by atoms with Gasteiger partial charge in [-0.05, 0) is 86.8 Å². The minimum absolute atomic E-state index is 0.206. The van der Waals surface area contributed by atoms with Gasteiger partial charge in [-0.3, -0.25) is 4.98 Å². The van der Waals surface area contributed by atoms with E-state index >= 15 is 0 Å². The summed E-state index contributed by atoms with van der Waals surface area (Å²) in [7, 11) is 0. The van der Waals surface area contributed by atoms with Gasteiger partial charge in [0.1, 0.15) is 11.2 Å². The third kappa shape index (κ3) is 4.58. The second-order valence-electron chi connectivity index (χ2n) is 11.4. The van der Waals surface area contributed by atoms with Crippen molar-refractivity contribution >= 4 is 23.0 Å². The maximum Gasteiger partial charge on any atom is 0.374 e. The quantitative estimate of drug-likeness (QED) is 0.407. The van der Waals surface area contributed by atoms with Gasteiger partial charge in [0, 0.05) is 18.8 Å². The molecular weight excluding hydrogens is 452 g/mol. The maximum absolute atomic E-state index is 11.9. The van der Waals surface area contributed by atoms with E-state index in [0.717, 1.165) is 29.5 Å². The lowest BCUT2D eigenvalue weighted by atomic mass is 9.80. The summed E-state index contributed by atoms with van der Waals surface area (Å²) >= 11 is 0. The van der Waals surface area contributed by atoms with Crippen LogP contribution in [0.1, 0.15) is 93.7 Å². The summed E-state index contributed by atoms with van der Waals surface area (Å²) in [4.78, 5) is 30.5. The first kappa shape index (κ1) is 23.4. The predicted molar refractivity (Wildman–Crippen MR) is 139 cm³/mol. The van der Waals surface area contributed by atoms with E-state index in [0.29, 0.717) is 29.2 Å². The molecule has 3 aliphatic rings. The molecule has 3 aromatic heterocycles. The van der Waals surface area contributed by atoms with E-state index < -0.39 is 5.97 Å². The molecule has 36 heavy (non-hydrogen) atoms. The predicted octanol–water partition coefficient (Wildman–Crippen LogP) is 5.89. The molecule has 0 bridgehead atoms. The van der Waals surface area contributed by atoms with Crippen molar-refractivity contribution in [3.63, 3.8) is 0 Å². The van der Waals surface area contributed by atoms with Crippen LogP contribution in [0.3, 0.4) is 0 Å². The summed E-state index contributed by atoms with van der Waals surface area (Å²) in [6.07, 6.45) is 12.8. The number of carbonyl (C=O) groups is 1. The molecule has 3 aliphatic carbocycles. The molecule has 0 amide bonds. The van der Waals surface area contributed by atoms with Gasteiger partial charge in [0.25, 0.3) is 0 Å². The Hall–Kier alpha value is -3.03. The average Bonchev–Trinajstić information content (AvgIpc) is 3.61. The van der Waals surface area contributed by atoms with E-state index in [4.69, 9.17) is 9.97 Å². The Morgan fingerprint density at radius 1 is 1.11 bits per heavy atom. The number of hydrogen-bond acceptors (Lipinski definition) is 6. The molecule has 3 aromatic rings. The van der Waals surface area contributed by atoms with Crippen LogP contribution in [-0.4, -0.2) is 41.6 Å². The van der Waals surface area contributed by atoms with Crippen molar-refractivity contribution in [1.82, 2.24) is 24.5 Å². The van der Waals surface area contributed by atoms with Crippen molar-refractivity contribution in [2.24, 2.45) is 17.8 Å². The standard InChI is InChI=1S/C28H36N6O2/c1-16-6-8-18(9-7-16)15-34-23-24(30-17(2)19-4-3-5-19)31-26(28(35)36)32-25(23)33-27(34)22-14-21(12-13-29-22)20-10-11-20/h12-14,16-20H,3-11,15H2,1-2H3,(H,35,36)(H,30,31,32)/t16-,17-,18-/m1/s1. The Bertz CT molecular complexity index is 1270. The third-order valence-corrected chi connectivity index (χ3v) is 8.65.